The Morgan fingerprint density at radius 1 is 1.26 bits per heavy atom. The van der Waals surface area contributed by atoms with E-state index in [1.807, 2.05) is 11.0 Å². The van der Waals surface area contributed by atoms with E-state index in [2.05, 4.69) is 5.32 Å². The van der Waals surface area contributed by atoms with Gasteiger partial charge in [0, 0.05) is 13.1 Å². The van der Waals surface area contributed by atoms with Crippen molar-refractivity contribution >= 4 is 23.3 Å². The highest BCUT2D eigenvalue weighted by atomic mass is 35.5. The number of nitrogens with zero attached hydrogens (tertiary/aromatic N) is 2. The van der Waals surface area contributed by atoms with E-state index < -0.39 is 0 Å². The first-order chi connectivity index (χ1) is 9.20. The molecule has 0 spiro atoms. The lowest BCUT2D eigenvalue weighted by molar-refractivity contribution is 0.214. The van der Waals surface area contributed by atoms with Gasteiger partial charge in [0.2, 0.25) is 0 Å². The average Bonchev–Trinajstić information content (AvgIpc) is 2.70. The highest BCUT2D eigenvalue weighted by molar-refractivity contribution is 6.33. The quantitative estimate of drug-likeness (QED) is 0.852. The van der Waals surface area contributed by atoms with Crippen molar-refractivity contribution in [3.8, 4) is 6.07 Å². The van der Waals surface area contributed by atoms with Crippen LogP contribution in [0.5, 0.6) is 0 Å². The first-order valence-corrected chi connectivity index (χ1v) is 6.84. The van der Waals surface area contributed by atoms with Gasteiger partial charge in [-0.15, -0.1) is 0 Å². The second kappa shape index (κ2) is 6.44. The van der Waals surface area contributed by atoms with Crippen molar-refractivity contribution in [3.63, 3.8) is 0 Å². The Labute approximate surface area is 118 Å². The number of nitrogens with one attached hydrogen (secondary N) is 1. The van der Waals surface area contributed by atoms with Crippen LogP contribution in [0.1, 0.15) is 31.2 Å². The second-order valence-electron chi connectivity index (χ2n) is 4.64. The normalized spacial score (nSPS) is 15.5. The summed E-state index contributed by atoms with van der Waals surface area (Å²) in [4.78, 5) is 13.9. The fourth-order valence-electron chi connectivity index (χ4n) is 2.15. The number of hydrogen-bond acceptors (Lipinski definition) is 2. The van der Waals surface area contributed by atoms with E-state index in [9.17, 15) is 4.79 Å². The van der Waals surface area contributed by atoms with Crippen molar-refractivity contribution in [1.82, 2.24) is 4.90 Å². The Morgan fingerprint density at radius 2 is 1.95 bits per heavy atom. The van der Waals surface area contributed by atoms with Gasteiger partial charge in [0.25, 0.3) is 0 Å². The minimum absolute atomic E-state index is 0.117. The number of anilines is 1. The van der Waals surface area contributed by atoms with Crippen LogP contribution in [-0.4, -0.2) is 24.0 Å². The van der Waals surface area contributed by atoms with Gasteiger partial charge >= 0.3 is 6.03 Å². The SMILES string of the molecule is N#Cc1ccc(NC(=O)N2CCCCCC2)c(Cl)c1. The van der Waals surface area contributed by atoms with E-state index in [1.165, 1.54) is 12.8 Å². The summed E-state index contributed by atoms with van der Waals surface area (Å²) in [5.74, 6) is 0. The summed E-state index contributed by atoms with van der Waals surface area (Å²) in [7, 11) is 0. The van der Waals surface area contributed by atoms with Crippen LogP contribution in [0, 0.1) is 11.3 Å². The van der Waals surface area contributed by atoms with E-state index >= 15 is 0 Å². The summed E-state index contributed by atoms with van der Waals surface area (Å²) in [6.07, 6.45) is 4.46. The van der Waals surface area contributed by atoms with Gasteiger partial charge in [-0.05, 0) is 31.0 Å². The predicted molar refractivity (Wildman–Crippen MR) is 75.2 cm³/mol. The standard InChI is InChI=1S/C14H16ClN3O/c15-12-9-11(10-16)5-6-13(12)17-14(19)18-7-3-1-2-4-8-18/h5-6,9H,1-4,7-8H2,(H,17,19). The molecular weight excluding hydrogens is 262 g/mol. The van der Waals surface area contributed by atoms with Crippen molar-refractivity contribution in [2.24, 2.45) is 0 Å². The molecule has 2 rings (SSSR count). The Bertz CT molecular complexity index is 502. The highest BCUT2D eigenvalue weighted by Crippen LogP contribution is 2.23. The fraction of sp³-hybridized carbons (Fsp3) is 0.429. The Morgan fingerprint density at radius 3 is 2.53 bits per heavy atom. The molecule has 5 heteroatoms. The van der Waals surface area contributed by atoms with Crippen LogP contribution in [0.3, 0.4) is 0 Å². The number of carbonyl (C=O) groups is 1. The molecule has 1 aliphatic heterocycles. The van der Waals surface area contributed by atoms with Gasteiger partial charge < -0.3 is 10.2 Å². The molecule has 19 heavy (non-hydrogen) atoms. The fourth-order valence-corrected chi connectivity index (χ4v) is 2.38. The molecule has 1 N–H and O–H groups in total. The minimum Gasteiger partial charge on any atom is -0.325 e. The molecule has 0 bridgehead atoms. The van der Waals surface area contributed by atoms with Crippen LogP contribution in [0.4, 0.5) is 10.5 Å². The molecular formula is C14H16ClN3O. The molecule has 0 radical (unpaired) electrons. The molecule has 0 aromatic heterocycles. The monoisotopic (exact) mass is 277 g/mol. The Balaban J connectivity index is 2.04. The van der Waals surface area contributed by atoms with Gasteiger partial charge in [-0.25, -0.2) is 4.79 Å². The third kappa shape index (κ3) is 3.62. The minimum atomic E-state index is -0.117. The number of benzene rings is 1. The molecule has 0 unspecified atom stereocenters. The number of likely N-dealkylation sites (tertiary alicyclic amines) is 1. The van der Waals surface area contributed by atoms with Gasteiger partial charge in [0.15, 0.2) is 0 Å². The lowest BCUT2D eigenvalue weighted by Crippen LogP contribution is -2.35. The molecule has 2 amide bonds. The summed E-state index contributed by atoms with van der Waals surface area (Å²) in [5, 5.41) is 12.0. The zero-order valence-electron chi connectivity index (χ0n) is 10.7. The maximum Gasteiger partial charge on any atom is 0.321 e. The van der Waals surface area contributed by atoms with Gasteiger partial charge in [0.05, 0.1) is 22.3 Å². The van der Waals surface area contributed by atoms with E-state index in [4.69, 9.17) is 16.9 Å². The number of amides is 2. The number of carbonyl (C=O) groups excluding carboxylic acids is 1. The van der Waals surface area contributed by atoms with Crippen molar-refractivity contribution in [3.05, 3.63) is 28.8 Å². The van der Waals surface area contributed by atoms with Crippen LogP contribution in [0.15, 0.2) is 18.2 Å². The summed E-state index contributed by atoms with van der Waals surface area (Å²) >= 11 is 6.04. The molecule has 0 atom stereocenters. The number of halogens is 1. The summed E-state index contributed by atoms with van der Waals surface area (Å²) < 4.78 is 0. The lowest BCUT2D eigenvalue weighted by atomic mass is 10.2. The van der Waals surface area contributed by atoms with Crippen LogP contribution < -0.4 is 5.32 Å². The topological polar surface area (TPSA) is 56.1 Å². The zero-order valence-corrected chi connectivity index (χ0v) is 11.4. The van der Waals surface area contributed by atoms with Crippen LogP contribution >= 0.6 is 11.6 Å². The van der Waals surface area contributed by atoms with E-state index in [0.717, 1.165) is 25.9 Å². The average molecular weight is 278 g/mol. The molecule has 1 saturated heterocycles. The first-order valence-electron chi connectivity index (χ1n) is 6.46. The maximum absolute atomic E-state index is 12.1. The van der Waals surface area contributed by atoms with E-state index in [1.54, 1.807) is 18.2 Å². The van der Waals surface area contributed by atoms with Crippen LogP contribution in [0.2, 0.25) is 5.02 Å². The van der Waals surface area contributed by atoms with Crippen LogP contribution in [0.25, 0.3) is 0 Å². The highest BCUT2D eigenvalue weighted by Gasteiger charge is 2.16. The zero-order chi connectivity index (χ0) is 13.7. The number of rotatable bonds is 1. The maximum atomic E-state index is 12.1. The number of nitriles is 1. The van der Waals surface area contributed by atoms with Gasteiger partial charge in [-0.1, -0.05) is 24.4 Å². The van der Waals surface area contributed by atoms with Crippen LogP contribution in [-0.2, 0) is 0 Å². The molecule has 1 aromatic rings. The second-order valence-corrected chi connectivity index (χ2v) is 5.05. The van der Waals surface area contributed by atoms with Crippen molar-refractivity contribution in [1.29, 1.82) is 5.26 Å². The molecule has 4 nitrogen and oxygen atoms in total. The summed E-state index contributed by atoms with van der Waals surface area (Å²) in [6.45, 7) is 1.58. The van der Waals surface area contributed by atoms with E-state index in [-0.39, 0.29) is 6.03 Å². The molecule has 0 aliphatic carbocycles. The van der Waals surface area contributed by atoms with E-state index in [0.29, 0.717) is 16.3 Å². The van der Waals surface area contributed by atoms with Crippen molar-refractivity contribution < 1.29 is 4.79 Å². The van der Waals surface area contributed by atoms with Gasteiger partial charge in [-0.2, -0.15) is 5.26 Å². The lowest BCUT2D eigenvalue weighted by Gasteiger charge is -2.21. The molecule has 1 heterocycles. The Kier molecular flexibility index (Phi) is 4.64. The molecule has 1 aliphatic rings. The predicted octanol–water partition coefficient (Wildman–Crippen LogP) is 3.62. The summed E-state index contributed by atoms with van der Waals surface area (Å²) in [5.41, 5.74) is 1.03. The van der Waals surface area contributed by atoms with Gasteiger partial charge in [0.1, 0.15) is 0 Å². The molecule has 1 fully saturated rings. The molecule has 0 saturated carbocycles. The molecule has 1 aromatic carbocycles. The van der Waals surface area contributed by atoms with Crippen molar-refractivity contribution in [2.75, 3.05) is 18.4 Å². The number of urea groups is 1. The first kappa shape index (κ1) is 13.7. The van der Waals surface area contributed by atoms with Crippen molar-refractivity contribution in [2.45, 2.75) is 25.7 Å². The third-order valence-electron chi connectivity index (χ3n) is 3.23. The van der Waals surface area contributed by atoms with Gasteiger partial charge in [-0.3, -0.25) is 0 Å². The number of hydrogen-bond donors (Lipinski definition) is 1. The largest absolute Gasteiger partial charge is 0.325 e. The Hall–Kier alpha value is -1.73. The smallest absolute Gasteiger partial charge is 0.321 e. The molecule has 100 valence electrons. The third-order valence-corrected chi connectivity index (χ3v) is 3.55. The summed E-state index contributed by atoms with van der Waals surface area (Å²) in [6, 6.07) is 6.76.